The van der Waals surface area contributed by atoms with E-state index < -0.39 is 0 Å². The zero-order chi connectivity index (χ0) is 17.3. The van der Waals surface area contributed by atoms with Gasteiger partial charge in [0.25, 0.3) is 5.91 Å². The Balaban J connectivity index is 1.43. The van der Waals surface area contributed by atoms with E-state index >= 15 is 0 Å². The Morgan fingerprint density at radius 1 is 1.32 bits per heavy atom. The molecule has 3 heterocycles. The maximum absolute atomic E-state index is 13.5. The van der Waals surface area contributed by atoms with Gasteiger partial charge < -0.3 is 9.64 Å². The van der Waals surface area contributed by atoms with E-state index in [9.17, 15) is 9.18 Å². The first kappa shape index (κ1) is 16.6. The fraction of sp³-hybridized carbons (Fsp3) is 0.444. The van der Waals surface area contributed by atoms with Crippen LogP contribution in [0.4, 0.5) is 10.1 Å². The molecule has 2 aliphatic rings. The quantitative estimate of drug-likeness (QED) is 0.843. The molecule has 4 rings (SSSR count). The largest absolute Gasteiger partial charge is 0.363 e. The lowest BCUT2D eigenvalue weighted by atomic mass is 9.89. The smallest absolute Gasteiger partial charge is 0.253 e. The topological polar surface area (TPSA) is 45.7 Å². The summed E-state index contributed by atoms with van der Waals surface area (Å²) < 4.78 is 19.5. The highest BCUT2D eigenvalue weighted by Gasteiger charge is 2.42. The van der Waals surface area contributed by atoms with Crippen LogP contribution >= 0.6 is 11.3 Å². The van der Waals surface area contributed by atoms with E-state index in [0.29, 0.717) is 12.2 Å². The molecule has 5 nitrogen and oxygen atoms in total. The average Bonchev–Trinajstić information content (AvgIpc) is 3.12. The van der Waals surface area contributed by atoms with Gasteiger partial charge >= 0.3 is 0 Å². The molecule has 7 heteroatoms. The van der Waals surface area contributed by atoms with Crippen molar-refractivity contribution in [2.24, 2.45) is 0 Å². The second kappa shape index (κ2) is 6.82. The van der Waals surface area contributed by atoms with Crippen molar-refractivity contribution < 1.29 is 13.9 Å². The number of likely N-dealkylation sites (tertiary alicyclic amines) is 1. The number of halogens is 1. The van der Waals surface area contributed by atoms with Gasteiger partial charge in [0, 0.05) is 36.4 Å². The molecule has 1 aromatic carbocycles. The fourth-order valence-corrected chi connectivity index (χ4v) is 4.19. The second-order valence-electron chi connectivity index (χ2n) is 6.68. The molecule has 0 radical (unpaired) electrons. The van der Waals surface area contributed by atoms with Gasteiger partial charge in [-0.1, -0.05) is 6.07 Å². The Morgan fingerprint density at radius 3 is 2.88 bits per heavy atom. The van der Waals surface area contributed by atoms with Crippen molar-refractivity contribution in [1.82, 2.24) is 9.88 Å². The van der Waals surface area contributed by atoms with Gasteiger partial charge in [-0.05, 0) is 31.0 Å². The minimum Gasteiger partial charge on any atom is -0.363 e. The fourth-order valence-electron chi connectivity index (χ4n) is 3.56. The zero-order valence-corrected chi connectivity index (χ0v) is 14.7. The SMILES string of the molecule is O=C1COC2(CCN(Cc3cncs3)CC2)CN1c1cccc(F)c1. The van der Waals surface area contributed by atoms with E-state index in [4.69, 9.17) is 4.74 Å². The highest BCUT2D eigenvalue weighted by molar-refractivity contribution is 7.09. The number of anilines is 1. The second-order valence-corrected chi connectivity index (χ2v) is 7.65. The molecule has 0 aliphatic carbocycles. The van der Waals surface area contributed by atoms with Gasteiger partial charge in [-0.25, -0.2) is 4.39 Å². The predicted molar refractivity (Wildman–Crippen MR) is 94.1 cm³/mol. The van der Waals surface area contributed by atoms with Crippen LogP contribution in [0.5, 0.6) is 0 Å². The van der Waals surface area contributed by atoms with Crippen molar-refractivity contribution in [1.29, 1.82) is 0 Å². The van der Waals surface area contributed by atoms with E-state index in [1.54, 1.807) is 28.4 Å². The Morgan fingerprint density at radius 2 is 2.16 bits per heavy atom. The number of aromatic nitrogens is 1. The number of morpholine rings is 1. The van der Waals surface area contributed by atoms with E-state index in [-0.39, 0.29) is 23.9 Å². The summed E-state index contributed by atoms with van der Waals surface area (Å²) in [5.41, 5.74) is 2.14. The van der Waals surface area contributed by atoms with E-state index in [0.717, 1.165) is 32.5 Å². The van der Waals surface area contributed by atoms with Crippen LogP contribution in [-0.4, -0.2) is 47.6 Å². The number of ether oxygens (including phenoxy) is 1. The Kier molecular flexibility index (Phi) is 4.54. The normalized spacial score (nSPS) is 21.0. The molecule has 1 aromatic heterocycles. The van der Waals surface area contributed by atoms with Gasteiger partial charge in [-0.2, -0.15) is 0 Å². The summed E-state index contributed by atoms with van der Waals surface area (Å²) in [6.45, 7) is 3.30. The minimum absolute atomic E-state index is 0.0609. The van der Waals surface area contributed by atoms with Gasteiger partial charge in [0.2, 0.25) is 0 Å². The number of thiazole rings is 1. The lowest BCUT2D eigenvalue weighted by Crippen LogP contribution is -2.58. The van der Waals surface area contributed by atoms with Crippen LogP contribution < -0.4 is 4.90 Å². The summed E-state index contributed by atoms with van der Waals surface area (Å²) in [6, 6.07) is 6.22. The molecule has 25 heavy (non-hydrogen) atoms. The summed E-state index contributed by atoms with van der Waals surface area (Å²) in [4.78, 5) is 21.7. The number of hydrogen-bond donors (Lipinski definition) is 0. The van der Waals surface area contributed by atoms with Gasteiger partial charge in [0.05, 0.1) is 17.7 Å². The molecule has 1 amide bonds. The molecular weight excluding hydrogens is 341 g/mol. The monoisotopic (exact) mass is 361 g/mol. The summed E-state index contributed by atoms with van der Waals surface area (Å²) in [7, 11) is 0. The Bertz CT molecular complexity index is 745. The Hall–Kier alpha value is -1.83. The highest BCUT2D eigenvalue weighted by Crippen LogP contribution is 2.33. The summed E-state index contributed by atoms with van der Waals surface area (Å²) >= 11 is 1.67. The number of carbonyl (C=O) groups is 1. The van der Waals surface area contributed by atoms with Crippen LogP contribution in [0.25, 0.3) is 0 Å². The zero-order valence-electron chi connectivity index (χ0n) is 13.9. The van der Waals surface area contributed by atoms with Gasteiger partial charge in [0.15, 0.2) is 0 Å². The van der Waals surface area contributed by atoms with Crippen molar-refractivity contribution in [2.45, 2.75) is 25.0 Å². The van der Waals surface area contributed by atoms with Crippen LogP contribution in [0.1, 0.15) is 17.7 Å². The molecule has 0 bridgehead atoms. The van der Waals surface area contributed by atoms with Gasteiger partial charge in [-0.15, -0.1) is 11.3 Å². The Labute approximate surface area is 150 Å². The lowest BCUT2D eigenvalue weighted by Gasteiger charge is -2.47. The van der Waals surface area contributed by atoms with Crippen LogP contribution in [0.3, 0.4) is 0 Å². The number of amides is 1. The van der Waals surface area contributed by atoms with Crippen molar-refractivity contribution >= 4 is 22.9 Å². The van der Waals surface area contributed by atoms with Crippen molar-refractivity contribution in [3.8, 4) is 0 Å². The number of piperidine rings is 1. The lowest BCUT2D eigenvalue weighted by molar-refractivity contribution is -0.144. The molecule has 2 saturated heterocycles. The molecule has 2 aliphatic heterocycles. The molecule has 2 fully saturated rings. The van der Waals surface area contributed by atoms with Crippen LogP contribution in [0.15, 0.2) is 36.0 Å². The first-order chi connectivity index (χ1) is 12.1. The first-order valence-corrected chi connectivity index (χ1v) is 9.31. The molecule has 0 unspecified atom stereocenters. The number of carbonyl (C=O) groups excluding carboxylic acids is 1. The van der Waals surface area contributed by atoms with E-state index in [1.807, 2.05) is 11.7 Å². The molecular formula is C18H20FN3O2S. The molecule has 0 atom stereocenters. The maximum atomic E-state index is 13.5. The first-order valence-electron chi connectivity index (χ1n) is 8.43. The van der Waals surface area contributed by atoms with Crippen LogP contribution in [0.2, 0.25) is 0 Å². The average molecular weight is 361 g/mol. The van der Waals surface area contributed by atoms with Gasteiger partial charge in [-0.3, -0.25) is 14.7 Å². The van der Waals surface area contributed by atoms with Gasteiger partial charge in [0.1, 0.15) is 12.4 Å². The third-order valence-corrected chi connectivity index (χ3v) is 5.76. The van der Waals surface area contributed by atoms with Crippen molar-refractivity contribution in [3.63, 3.8) is 0 Å². The maximum Gasteiger partial charge on any atom is 0.253 e. The van der Waals surface area contributed by atoms with E-state index in [1.165, 1.54) is 17.0 Å². The molecule has 132 valence electrons. The molecule has 1 spiro atoms. The predicted octanol–water partition coefficient (Wildman–Crippen LogP) is 2.68. The standard InChI is InChI=1S/C18H20FN3O2S/c19-14-2-1-3-15(8-14)22-12-18(24-11-17(22)23)4-6-21(7-5-18)10-16-9-20-13-25-16/h1-3,8-9,13H,4-7,10-12H2. The minimum atomic E-state index is -0.329. The third kappa shape index (κ3) is 3.58. The van der Waals surface area contributed by atoms with E-state index in [2.05, 4.69) is 9.88 Å². The summed E-state index contributed by atoms with van der Waals surface area (Å²) in [5, 5.41) is 0. The molecule has 0 N–H and O–H groups in total. The molecule has 0 saturated carbocycles. The summed E-state index contributed by atoms with van der Waals surface area (Å²) in [6.07, 6.45) is 3.65. The van der Waals surface area contributed by atoms with Crippen LogP contribution in [0, 0.1) is 5.82 Å². The number of rotatable bonds is 3. The number of benzene rings is 1. The number of nitrogens with zero attached hydrogens (tertiary/aromatic N) is 3. The molecule has 2 aromatic rings. The van der Waals surface area contributed by atoms with Crippen molar-refractivity contribution in [2.75, 3.05) is 31.1 Å². The third-order valence-electron chi connectivity index (χ3n) is 5.00. The number of hydrogen-bond acceptors (Lipinski definition) is 5. The van der Waals surface area contributed by atoms with Crippen molar-refractivity contribution in [3.05, 3.63) is 46.7 Å². The highest BCUT2D eigenvalue weighted by atomic mass is 32.1. The van der Waals surface area contributed by atoms with Crippen LogP contribution in [-0.2, 0) is 16.1 Å². The summed E-state index contributed by atoms with van der Waals surface area (Å²) in [5.74, 6) is -0.437.